The Kier molecular flexibility index (Phi) is 5.96. The molecule has 2 fully saturated rings. The van der Waals surface area contributed by atoms with Gasteiger partial charge < -0.3 is 19.7 Å². The van der Waals surface area contributed by atoms with Crippen molar-refractivity contribution < 1.29 is 14.3 Å². The van der Waals surface area contributed by atoms with E-state index in [4.69, 9.17) is 9.47 Å². The molecule has 132 valence electrons. The highest BCUT2D eigenvalue weighted by Crippen LogP contribution is 2.19. The van der Waals surface area contributed by atoms with Crippen molar-refractivity contribution in [1.82, 2.24) is 4.90 Å². The van der Waals surface area contributed by atoms with Gasteiger partial charge in [-0.3, -0.25) is 4.79 Å². The Balaban J connectivity index is 1.39. The molecule has 0 spiro atoms. The summed E-state index contributed by atoms with van der Waals surface area (Å²) >= 11 is 0. The number of carbonyl (C=O) groups is 1. The van der Waals surface area contributed by atoms with Gasteiger partial charge in [-0.2, -0.15) is 0 Å². The van der Waals surface area contributed by atoms with Crippen molar-refractivity contribution in [2.75, 3.05) is 38.2 Å². The van der Waals surface area contributed by atoms with E-state index in [-0.39, 0.29) is 12.0 Å². The van der Waals surface area contributed by atoms with Crippen molar-refractivity contribution >= 4 is 11.6 Å². The van der Waals surface area contributed by atoms with Gasteiger partial charge in [0.2, 0.25) is 5.91 Å². The SMILES string of the molecule is CC1CCN(C(=O)CNc2ccc(OCC3CCCO3)cc2)CC1. The minimum Gasteiger partial charge on any atom is -0.491 e. The summed E-state index contributed by atoms with van der Waals surface area (Å²) < 4.78 is 11.3. The summed E-state index contributed by atoms with van der Waals surface area (Å²) in [5.74, 6) is 1.76. The molecule has 24 heavy (non-hydrogen) atoms. The van der Waals surface area contributed by atoms with E-state index in [1.54, 1.807) is 0 Å². The Labute approximate surface area is 144 Å². The molecule has 1 N–H and O–H groups in total. The quantitative estimate of drug-likeness (QED) is 0.870. The van der Waals surface area contributed by atoms with E-state index in [2.05, 4.69) is 12.2 Å². The fourth-order valence-corrected chi connectivity index (χ4v) is 3.18. The number of piperidine rings is 1. The molecule has 2 aliphatic heterocycles. The molecule has 2 saturated heterocycles. The highest BCUT2D eigenvalue weighted by Gasteiger charge is 2.20. The van der Waals surface area contributed by atoms with E-state index in [9.17, 15) is 4.79 Å². The summed E-state index contributed by atoms with van der Waals surface area (Å²) in [7, 11) is 0. The Morgan fingerprint density at radius 2 is 2.00 bits per heavy atom. The Hall–Kier alpha value is -1.75. The van der Waals surface area contributed by atoms with Gasteiger partial charge in [0.15, 0.2) is 0 Å². The number of ether oxygens (including phenoxy) is 2. The number of nitrogens with zero attached hydrogens (tertiary/aromatic N) is 1. The van der Waals surface area contributed by atoms with Crippen LogP contribution in [0.25, 0.3) is 0 Å². The first-order chi connectivity index (χ1) is 11.7. The number of hydrogen-bond acceptors (Lipinski definition) is 4. The zero-order valence-corrected chi connectivity index (χ0v) is 14.5. The molecule has 2 aliphatic rings. The summed E-state index contributed by atoms with van der Waals surface area (Å²) in [6, 6.07) is 7.78. The van der Waals surface area contributed by atoms with Gasteiger partial charge in [-0.1, -0.05) is 6.92 Å². The van der Waals surface area contributed by atoms with Crippen molar-refractivity contribution in [1.29, 1.82) is 0 Å². The average Bonchev–Trinajstić information content (AvgIpc) is 3.13. The molecule has 0 radical (unpaired) electrons. The van der Waals surface area contributed by atoms with Crippen LogP contribution in [0.3, 0.4) is 0 Å². The molecule has 1 amide bonds. The highest BCUT2D eigenvalue weighted by atomic mass is 16.5. The maximum atomic E-state index is 12.2. The molecule has 5 nitrogen and oxygen atoms in total. The van der Waals surface area contributed by atoms with E-state index in [0.29, 0.717) is 13.2 Å². The number of anilines is 1. The van der Waals surface area contributed by atoms with Crippen molar-refractivity contribution in [3.05, 3.63) is 24.3 Å². The third kappa shape index (κ3) is 4.87. The summed E-state index contributed by atoms with van der Waals surface area (Å²) in [4.78, 5) is 14.2. The molecule has 2 heterocycles. The van der Waals surface area contributed by atoms with Crippen LogP contribution in [0.5, 0.6) is 5.75 Å². The van der Waals surface area contributed by atoms with Crippen LogP contribution in [0.1, 0.15) is 32.6 Å². The zero-order valence-electron chi connectivity index (χ0n) is 14.5. The molecule has 3 rings (SSSR count). The van der Waals surface area contributed by atoms with Crippen LogP contribution in [0.4, 0.5) is 5.69 Å². The summed E-state index contributed by atoms with van der Waals surface area (Å²) in [5.41, 5.74) is 0.943. The van der Waals surface area contributed by atoms with Crippen LogP contribution in [0, 0.1) is 5.92 Å². The number of carbonyl (C=O) groups excluding carboxylic acids is 1. The molecule has 1 aromatic rings. The van der Waals surface area contributed by atoms with Crippen LogP contribution in [0.15, 0.2) is 24.3 Å². The van der Waals surface area contributed by atoms with Crippen LogP contribution in [0.2, 0.25) is 0 Å². The van der Waals surface area contributed by atoms with Gasteiger partial charge in [0.1, 0.15) is 12.4 Å². The molecule has 0 saturated carbocycles. The molecule has 0 bridgehead atoms. The standard InChI is InChI=1S/C19H28N2O3/c1-15-8-10-21(11-9-15)19(22)13-20-16-4-6-17(7-5-16)24-14-18-3-2-12-23-18/h4-7,15,18,20H,2-3,8-14H2,1H3. The Morgan fingerprint density at radius 3 is 2.67 bits per heavy atom. The summed E-state index contributed by atoms with van der Waals surface area (Å²) in [6.07, 6.45) is 4.66. The van der Waals surface area contributed by atoms with E-state index in [1.807, 2.05) is 29.2 Å². The average molecular weight is 332 g/mol. The van der Waals surface area contributed by atoms with E-state index in [0.717, 1.165) is 62.7 Å². The van der Waals surface area contributed by atoms with Gasteiger partial charge in [-0.15, -0.1) is 0 Å². The zero-order chi connectivity index (χ0) is 16.8. The van der Waals surface area contributed by atoms with Crippen molar-refractivity contribution in [3.63, 3.8) is 0 Å². The second-order valence-corrected chi connectivity index (χ2v) is 6.89. The summed E-state index contributed by atoms with van der Waals surface area (Å²) in [6.45, 7) is 5.84. The van der Waals surface area contributed by atoms with E-state index < -0.39 is 0 Å². The smallest absolute Gasteiger partial charge is 0.241 e. The number of benzene rings is 1. The second kappa shape index (κ2) is 8.38. The van der Waals surface area contributed by atoms with Gasteiger partial charge >= 0.3 is 0 Å². The first kappa shape index (κ1) is 17.1. The molecule has 1 aromatic carbocycles. The van der Waals surface area contributed by atoms with Crippen molar-refractivity contribution in [3.8, 4) is 5.75 Å². The largest absolute Gasteiger partial charge is 0.491 e. The minimum absolute atomic E-state index is 0.181. The number of hydrogen-bond donors (Lipinski definition) is 1. The minimum atomic E-state index is 0.181. The first-order valence-electron chi connectivity index (χ1n) is 9.07. The van der Waals surface area contributed by atoms with E-state index >= 15 is 0 Å². The topological polar surface area (TPSA) is 50.8 Å². The van der Waals surface area contributed by atoms with Crippen molar-refractivity contribution in [2.45, 2.75) is 38.7 Å². The molecule has 0 aromatic heterocycles. The van der Waals surface area contributed by atoms with Crippen molar-refractivity contribution in [2.24, 2.45) is 5.92 Å². The fourth-order valence-electron chi connectivity index (χ4n) is 3.18. The van der Waals surface area contributed by atoms with Crippen LogP contribution < -0.4 is 10.1 Å². The molecular weight excluding hydrogens is 304 g/mol. The second-order valence-electron chi connectivity index (χ2n) is 6.89. The van der Waals surface area contributed by atoms with Gasteiger partial charge in [0, 0.05) is 25.4 Å². The predicted octanol–water partition coefficient (Wildman–Crippen LogP) is 2.91. The first-order valence-corrected chi connectivity index (χ1v) is 9.07. The van der Waals surface area contributed by atoms with Gasteiger partial charge in [0.05, 0.1) is 12.6 Å². The lowest BCUT2D eigenvalue weighted by molar-refractivity contribution is -0.130. The molecule has 5 heteroatoms. The van der Waals surface area contributed by atoms with Gasteiger partial charge in [-0.05, 0) is 55.9 Å². The summed E-state index contributed by atoms with van der Waals surface area (Å²) in [5, 5.41) is 3.21. The predicted molar refractivity (Wildman–Crippen MR) is 94.4 cm³/mol. The molecular formula is C19H28N2O3. The van der Waals surface area contributed by atoms with E-state index in [1.165, 1.54) is 0 Å². The normalized spacial score (nSPS) is 21.7. The van der Waals surface area contributed by atoms with Gasteiger partial charge in [0.25, 0.3) is 0 Å². The number of rotatable bonds is 6. The number of nitrogens with one attached hydrogen (secondary N) is 1. The highest BCUT2D eigenvalue weighted by molar-refractivity contribution is 5.81. The number of amides is 1. The maximum Gasteiger partial charge on any atom is 0.241 e. The van der Waals surface area contributed by atoms with Crippen LogP contribution >= 0.6 is 0 Å². The third-order valence-corrected chi connectivity index (χ3v) is 4.89. The molecule has 0 aliphatic carbocycles. The fraction of sp³-hybridized carbons (Fsp3) is 0.632. The Morgan fingerprint density at radius 1 is 1.25 bits per heavy atom. The third-order valence-electron chi connectivity index (χ3n) is 4.89. The van der Waals surface area contributed by atoms with Gasteiger partial charge in [-0.25, -0.2) is 0 Å². The maximum absolute atomic E-state index is 12.2. The molecule has 1 unspecified atom stereocenters. The number of likely N-dealkylation sites (tertiary alicyclic amines) is 1. The lowest BCUT2D eigenvalue weighted by Gasteiger charge is -2.30. The lowest BCUT2D eigenvalue weighted by Crippen LogP contribution is -2.40. The monoisotopic (exact) mass is 332 g/mol. The molecule has 1 atom stereocenters. The van der Waals surface area contributed by atoms with Crippen LogP contribution in [-0.4, -0.2) is 49.8 Å². The lowest BCUT2D eigenvalue weighted by atomic mass is 9.99. The van der Waals surface area contributed by atoms with Crippen LogP contribution in [-0.2, 0) is 9.53 Å². The Bertz CT molecular complexity index is 518.